The molecule has 7 nitrogen and oxygen atoms in total. The fourth-order valence-corrected chi connectivity index (χ4v) is 3.97. The minimum atomic E-state index is -4.54. The quantitative estimate of drug-likeness (QED) is 0.476. The van der Waals surface area contributed by atoms with E-state index in [1.807, 2.05) is 13.8 Å². The van der Waals surface area contributed by atoms with Crippen molar-refractivity contribution in [2.75, 3.05) is 23.3 Å². The Labute approximate surface area is 198 Å². The van der Waals surface area contributed by atoms with Gasteiger partial charge in [0.15, 0.2) is 0 Å². The Hall–Kier alpha value is -3.76. The van der Waals surface area contributed by atoms with Crippen molar-refractivity contribution in [3.05, 3.63) is 70.6 Å². The lowest BCUT2D eigenvalue weighted by Crippen LogP contribution is -2.29. The molecule has 2 N–H and O–H groups in total. The number of aromatic nitrogens is 3. The average Bonchev–Trinajstić information content (AvgIpc) is 3.01. The summed E-state index contributed by atoms with van der Waals surface area (Å²) < 4.78 is 54.9. The third-order valence-corrected chi connectivity index (χ3v) is 5.73. The molecular weight excluding hydrogens is 466 g/mol. The van der Waals surface area contributed by atoms with E-state index < -0.39 is 29.1 Å². The summed E-state index contributed by atoms with van der Waals surface area (Å²) in [6.07, 6.45) is -2.50. The van der Waals surface area contributed by atoms with E-state index in [1.165, 1.54) is 18.3 Å². The van der Waals surface area contributed by atoms with Crippen molar-refractivity contribution in [3.63, 3.8) is 0 Å². The lowest BCUT2D eigenvalue weighted by Gasteiger charge is -2.24. The van der Waals surface area contributed by atoms with Crippen LogP contribution in [0.4, 0.5) is 34.9 Å². The van der Waals surface area contributed by atoms with Crippen LogP contribution in [-0.4, -0.2) is 39.1 Å². The van der Waals surface area contributed by atoms with Crippen molar-refractivity contribution in [3.8, 4) is 0 Å². The summed E-state index contributed by atoms with van der Waals surface area (Å²) in [5, 5.41) is 12.1. The number of nitrogens with one attached hydrogen (secondary N) is 1. The maximum Gasteiger partial charge on any atom is 0.419 e. The van der Waals surface area contributed by atoms with Crippen molar-refractivity contribution in [1.82, 2.24) is 15.0 Å². The van der Waals surface area contributed by atoms with E-state index in [2.05, 4.69) is 20.3 Å². The van der Waals surface area contributed by atoms with Gasteiger partial charge in [0.05, 0.1) is 16.8 Å². The van der Waals surface area contributed by atoms with Crippen LogP contribution in [0.1, 0.15) is 52.8 Å². The number of benzene rings is 1. The molecule has 0 fully saturated rings. The molecule has 11 heteroatoms. The first kappa shape index (κ1) is 24.4. The first-order chi connectivity index (χ1) is 16.5. The minimum absolute atomic E-state index is 0.0287. The number of anilines is 3. The molecule has 184 valence electrons. The topological polar surface area (TPSA) is 91.2 Å². The molecule has 0 saturated carbocycles. The predicted octanol–water partition coefficient (Wildman–Crippen LogP) is 5.20. The highest BCUT2D eigenvalue weighted by molar-refractivity contribution is 5.88. The van der Waals surface area contributed by atoms with Crippen LogP contribution in [0.2, 0.25) is 0 Å². The third kappa shape index (κ3) is 5.18. The Kier molecular flexibility index (Phi) is 6.60. The molecule has 1 aliphatic heterocycles. The van der Waals surface area contributed by atoms with E-state index in [4.69, 9.17) is 5.11 Å². The molecule has 4 rings (SSSR count). The molecule has 1 aliphatic rings. The molecule has 0 bridgehead atoms. The van der Waals surface area contributed by atoms with Crippen molar-refractivity contribution in [2.45, 2.75) is 38.8 Å². The fraction of sp³-hybridized carbons (Fsp3) is 0.333. The zero-order valence-corrected chi connectivity index (χ0v) is 19.0. The normalized spacial score (nSPS) is 14.0. The second-order valence-corrected chi connectivity index (χ2v) is 8.49. The second-order valence-electron chi connectivity index (χ2n) is 8.49. The molecule has 0 amide bonds. The molecule has 3 heterocycles. The van der Waals surface area contributed by atoms with Crippen molar-refractivity contribution >= 4 is 23.3 Å². The van der Waals surface area contributed by atoms with Crippen LogP contribution in [0.25, 0.3) is 0 Å². The zero-order valence-electron chi connectivity index (χ0n) is 19.0. The number of alkyl halides is 3. The third-order valence-electron chi connectivity index (χ3n) is 5.73. The van der Waals surface area contributed by atoms with Gasteiger partial charge in [0.25, 0.3) is 0 Å². The van der Waals surface area contributed by atoms with Crippen LogP contribution in [0.3, 0.4) is 0 Å². The highest BCUT2D eigenvalue weighted by Crippen LogP contribution is 2.36. The van der Waals surface area contributed by atoms with Crippen LogP contribution < -0.4 is 10.2 Å². The van der Waals surface area contributed by atoms with Gasteiger partial charge in [-0.05, 0) is 36.8 Å². The Morgan fingerprint density at radius 3 is 2.54 bits per heavy atom. The number of nitrogens with zero attached hydrogens (tertiary/aromatic N) is 4. The Morgan fingerprint density at radius 2 is 1.89 bits per heavy atom. The highest BCUT2D eigenvalue weighted by atomic mass is 19.4. The highest BCUT2D eigenvalue weighted by Gasteiger charge is 2.36. The van der Waals surface area contributed by atoms with E-state index in [-0.39, 0.29) is 24.8 Å². The average molecular weight is 489 g/mol. The maximum absolute atomic E-state index is 14.2. The Bertz CT molecular complexity index is 1260. The van der Waals surface area contributed by atoms with E-state index in [0.29, 0.717) is 41.4 Å². The summed E-state index contributed by atoms with van der Waals surface area (Å²) in [6.45, 7) is 4.36. The monoisotopic (exact) mass is 489 g/mol. The first-order valence-corrected chi connectivity index (χ1v) is 11.0. The lowest BCUT2D eigenvalue weighted by molar-refractivity contribution is -0.137. The van der Waals surface area contributed by atoms with Gasteiger partial charge in [-0.3, -0.25) is 0 Å². The number of pyridine rings is 1. The van der Waals surface area contributed by atoms with Gasteiger partial charge < -0.3 is 15.3 Å². The molecule has 2 aromatic heterocycles. The predicted molar refractivity (Wildman–Crippen MR) is 122 cm³/mol. The molecule has 0 spiro atoms. The summed E-state index contributed by atoms with van der Waals surface area (Å²) in [4.78, 5) is 26.0. The SMILES string of the molecule is CC(C)c1nc2c(c(Nc3ccc(C(=O)O)c(F)c3)n1)CCN(c1ncccc1C(F)(F)F)CC2. The first-order valence-electron chi connectivity index (χ1n) is 11.0. The van der Waals surface area contributed by atoms with Gasteiger partial charge in [-0.15, -0.1) is 0 Å². The van der Waals surface area contributed by atoms with Crippen molar-refractivity contribution in [1.29, 1.82) is 0 Å². The van der Waals surface area contributed by atoms with Gasteiger partial charge >= 0.3 is 12.1 Å². The summed E-state index contributed by atoms with van der Waals surface area (Å²) >= 11 is 0. The molecule has 0 unspecified atom stereocenters. The van der Waals surface area contributed by atoms with Crippen LogP contribution >= 0.6 is 0 Å². The maximum atomic E-state index is 14.2. The summed E-state index contributed by atoms with van der Waals surface area (Å²) in [5.41, 5.74) is 0.455. The molecule has 0 aliphatic carbocycles. The van der Waals surface area contributed by atoms with Gasteiger partial charge in [-0.25, -0.2) is 24.1 Å². The smallest absolute Gasteiger partial charge is 0.419 e. The molecule has 3 aromatic rings. The van der Waals surface area contributed by atoms with E-state index >= 15 is 0 Å². The number of rotatable bonds is 5. The zero-order chi connectivity index (χ0) is 25.3. The van der Waals surface area contributed by atoms with Gasteiger partial charge in [0, 0.05) is 42.9 Å². The second kappa shape index (κ2) is 9.47. The standard InChI is InChI=1S/C24H23F4N5O2/c1-13(2)20-31-19-8-11-33(22-17(24(26,27)28)4-3-9-29-22)10-7-16(19)21(32-20)30-14-5-6-15(23(34)35)18(25)12-14/h3-6,9,12-13H,7-8,10-11H2,1-2H3,(H,34,35)(H,30,31,32). The van der Waals surface area contributed by atoms with Crippen LogP contribution in [0.5, 0.6) is 0 Å². The van der Waals surface area contributed by atoms with Gasteiger partial charge in [-0.2, -0.15) is 13.2 Å². The van der Waals surface area contributed by atoms with E-state index in [0.717, 1.165) is 18.2 Å². The van der Waals surface area contributed by atoms with Gasteiger partial charge in [-0.1, -0.05) is 13.8 Å². The lowest BCUT2D eigenvalue weighted by atomic mass is 10.1. The number of halogens is 4. The van der Waals surface area contributed by atoms with Crippen LogP contribution in [0, 0.1) is 5.82 Å². The van der Waals surface area contributed by atoms with E-state index in [9.17, 15) is 22.4 Å². The largest absolute Gasteiger partial charge is 0.478 e. The Morgan fingerprint density at radius 1 is 1.14 bits per heavy atom. The number of carboxylic acids is 1. The van der Waals surface area contributed by atoms with Crippen LogP contribution in [0.15, 0.2) is 36.5 Å². The number of fused-ring (bicyclic) bond motifs is 1. The van der Waals surface area contributed by atoms with Gasteiger partial charge in [0.1, 0.15) is 23.3 Å². The Balaban J connectivity index is 1.69. The number of hydrogen-bond donors (Lipinski definition) is 2. The summed E-state index contributed by atoms with van der Waals surface area (Å²) in [5.74, 6) is -1.48. The summed E-state index contributed by atoms with van der Waals surface area (Å²) in [7, 11) is 0. The molecule has 0 radical (unpaired) electrons. The number of aromatic carboxylic acids is 1. The van der Waals surface area contributed by atoms with Crippen molar-refractivity contribution < 1.29 is 27.5 Å². The fourth-order valence-electron chi connectivity index (χ4n) is 3.97. The van der Waals surface area contributed by atoms with Gasteiger partial charge in [0.2, 0.25) is 0 Å². The molecular formula is C24H23F4N5O2. The summed E-state index contributed by atoms with van der Waals surface area (Å²) in [6, 6.07) is 5.93. The minimum Gasteiger partial charge on any atom is -0.478 e. The van der Waals surface area contributed by atoms with Crippen LogP contribution in [-0.2, 0) is 19.0 Å². The number of hydrogen-bond acceptors (Lipinski definition) is 6. The van der Waals surface area contributed by atoms with E-state index in [1.54, 1.807) is 4.90 Å². The molecule has 35 heavy (non-hydrogen) atoms. The molecule has 1 aromatic carbocycles. The molecule has 0 saturated heterocycles. The van der Waals surface area contributed by atoms with Crippen molar-refractivity contribution in [2.24, 2.45) is 0 Å². The number of carbonyl (C=O) groups is 1. The number of carboxylic acid groups (broad SMARTS) is 1. The molecule has 0 atom stereocenters.